The van der Waals surface area contributed by atoms with Gasteiger partial charge in [-0.1, -0.05) is 30.3 Å². The lowest BCUT2D eigenvalue weighted by atomic mass is 10.0. The number of aryl methyl sites for hydroxylation is 1. The summed E-state index contributed by atoms with van der Waals surface area (Å²) in [4.78, 5) is 17.4. The molecule has 0 fully saturated rings. The molecule has 0 aliphatic heterocycles. The molecule has 29 heavy (non-hydrogen) atoms. The fraction of sp³-hybridized carbons (Fsp3) is 0.238. The highest BCUT2D eigenvalue weighted by Crippen LogP contribution is 2.29. The molecule has 152 valence electrons. The van der Waals surface area contributed by atoms with E-state index < -0.39 is 15.9 Å². The molecule has 2 aromatic carbocycles. The number of hydrogen-bond acceptors (Lipinski definition) is 5. The second-order valence-electron chi connectivity index (χ2n) is 6.73. The second kappa shape index (κ2) is 8.48. The number of nitrogens with zero attached hydrogens (tertiary/aromatic N) is 2. The van der Waals surface area contributed by atoms with Crippen molar-refractivity contribution in [3.63, 3.8) is 0 Å². The number of nitrogens with one attached hydrogen (secondary N) is 1. The molecule has 0 saturated heterocycles. The number of amides is 1. The van der Waals surface area contributed by atoms with Crippen molar-refractivity contribution in [3.05, 3.63) is 77.9 Å². The summed E-state index contributed by atoms with van der Waals surface area (Å²) in [5.41, 5.74) is 1.51. The van der Waals surface area contributed by atoms with Gasteiger partial charge in [0.2, 0.25) is 5.91 Å². The number of sulfone groups is 1. The van der Waals surface area contributed by atoms with Gasteiger partial charge >= 0.3 is 0 Å². The number of methoxy groups -OCH3 is 1. The van der Waals surface area contributed by atoms with E-state index in [1.807, 2.05) is 42.1 Å². The van der Waals surface area contributed by atoms with Crippen molar-refractivity contribution in [2.45, 2.75) is 17.4 Å². The topological polar surface area (TPSA) is 90.3 Å². The van der Waals surface area contributed by atoms with Crippen molar-refractivity contribution >= 4 is 15.7 Å². The maximum Gasteiger partial charge on any atom is 0.225 e. The van der Waals surface area contributed by atoms with Crippen molar-refractivity contribution < 1.29 is 17.9 Å². The van der Waals surface area contributed by atoms with Crippen molar-refractivity contribution in [2.75, 3.05) is 13.4 Å². The average Bonchev–Trinajstić information content (AvgIpc) is 3.11. The Labute approximate surface area is 170 Å². The van der Waals surface area contributed by atoms with Crippen molar-refractivity contribution in [3.8, 4) is 5.75 Å². The summed E-state index contributed by atoms with van der Waals surface area (Å²) in [5.74, 6) is 1.12. The highest BCUT2D eigenvalue weighted by Gasteiger charge is 2.23. The summed E-state index contributed by atoms with van der Waals surface area (Å²) in [6.45, 7) is 0. The van der Waals surface area contributed by atoms with Crippen LogP contribution in [0.3, 0.4) is 0 Å². The van der Waals surface area contributed by atoms with Gasteiger partial charge in [0.05, 0.1) is 18.4 Å². The van der Waals surface area contributed by atoms with Gasteiger partial charge in [-0.05, 0) is 23.8 Å². The molecule has 1 aromatic heterocycles. The summed E-state index contributed by atoms with van der Waals surface area (Å²) < 4.78 is 30.5. The summed E-state index contributed by atoms with van der Waals surface area (Å²) in [7, 11) is 0.174. The third-order valence-electron chi connectivity index (χ3n) is 4.59. The summed E-state index contributed by atoms with van der Waals surface area (Å²) >= 11 is 0. The van der Waals surface area contributed by atoms with Gasteiger partial charge in [0.1, 0.15) is 17.6 Å². The Hall–Kier alpha value is -3.13. The van der Waals surface area contributed by atoms with Crippen molar-refractivity contribution in [1.29, 1.82) is 0 Å². The number of benzene rings is 2. The quantitative estimate of drug-likeness (QED) is 0.642. The van der Waals surface area contributed by atoms with Gasteiger partial charge in [0.15, 0.2) is 9.84 Å². The van der Waals surface area contributed by atoms with Crippen LogP contribution in [-0.4, -0.2) is 37.2 Å². The normalized spacial score (nSPS) is 12.4. The van der Waals surface area contributed by atoms with Crippen LogP contribution < -0.4 is 10.1 Å². The van der Waals surface area contributed by atoms with E-state index in [1.54, 1.807) is 25.4 Å². The lowest BCUT2D eigenvalue weighted by Gasteiger charge is -2.21. The first-order valence-corrected chi connectivity index (χ1v) is 10.9. The second-order valence-corrected chi connectivity index (χ2v) is 8.75. The van der Waals surface area contributed by atoms with Crippen LogP contribution in [0, 0.1) is 0 Å². The van der Waals surface area contributed by atoms with E-state index in [-0.39, 0.29) is 17.2 Å². The lowest BCUT2D eigenvalue weighted by molar-refractivity contribution is -0.121. The third kappa shape index (κ3) is 4.83. The number of hydrogen-bond donors (Lipinski definition) is 1. The van der Waals surface area contributed by atoms with E-state index >= 15 is 0 Å². The SMILES string of the molecule is COc1ccccc1[C@@H](NC(=O)Cc1ccc(S(C)(=O)=O)cc1)c1nccn1C. The molecule has 0 aliphatic rings. The zero-order valence-corrected chi connectivity index (χ0v) is 17.3. The predicted octanol–water partition coefficient (Wildman–Crippen LogP) is 2.28. The number of imidazole rings is 1. The Bertz CT molecular complexity index is 1100. The number of carbonyl (C=O) groups is 1. The van der Waals surface area contributed by atoms with Crippen LogP contribution in [0.1, 0.15) is 23.0 Å². The molecule has 0 bridgehead atoms. The number of rotatable bonds is 7. The van der Waals surface area contributed by atoms with Gasteiger partial charge in [-0.3, -0.25) is 4.79 Å². The van der Waals surface area contributed by atoms with Crippen LogP contribution in [0.15, 0.2) is 65.8 Å². The Balaban J connectivity index is 1.85. The average molecular weight is 413 g/mol. The predicted molar refractivity (Wildman–Crippen MR) is 109 cm³/mol. The zero-order chi connectivity index (χ0) is 21.0. The van der Waals surface area contributed by atoms with Gasteiger partial charge in [-0.25, -0.2) is 13.4 Å². The maximum absolute atomic E-state index is 12.8. The smallest absolute Gasteiger partial charge is 0.225 e. The Morgan fingerprint density at radius 3 is 2.45 bits per heavy atom. The van der Waals surface area contributed by atoms with Crippen LogP contribution in [0.25, 0.3) is 0 Å². The van der Waals surface area contributed by atoms with E-state index in [4.69, 9.17) is 4.74 Å². The third-order valence-corrected chi connectivity index (χ3v) is 5.72. The van der Waals surface area contributed by atoms with Crippen LogP contribution in [0.2, 0.25) is 0 Å². The molecular formula is C21H23N3O4S. The van der Waals surface area contributed by atoms with Crippen molar-refractivity contribution in [2.24, 2.45) is 7.05 Å². The van der Waals surface area contributed by atoms with Crippen LogP contribution in [-0.2, 0) is 28.1 Å². The molecule has 0 spiro atoms. The highest BCUT2D eigenvalue weighted by atomic mass is 32.2. The molecular weight excluding hydrogens is 390 g/mol. The maximum atomic E-state index is 12.8. The highest BCUT2D eigenvalue weighted by molar-refractivity contribution is 7.90. The summed E-state index contributed by atoms with van der Waals surface area (Å²) in [5, 5.41) is 3.02. The molecule has 0 aliphatic carbocycles. The molecule has 1 amide bonds. The minimum atomic E-state index is -3.27. The first kappa shape index (κ1) is 20.6. The first-order chi connectivity index (χ1) is 13.8. The zero-order valence-electron chi connectivity index (χ0n) is 16.5. The lowest BCUT2D eigenvalue weighted by Crippen LogP contribution is -2.32. The van der Waals surface area contributed by atoms with E-state index in [1.165, 1.54) is 12.1 Å². The molecule has 1 N–H and O–H groups in total. The molecule has 0 radical (unpaired) electrons. The van der Waals surface area contributed by atoms with Gasteiger partial charge in [-0.2, -0.15) is 0 Å². The summed E-state index contributed by atoms with van der Waals surface area (Å²) in [6.07, 6.45) is 4.75. The monoisotopic (exact) mass is 413 g/mol. The molecule has 1 atom stereocenters. The molecule has 0 unspecified atom stereocenters. The van der Waals surface area contributed by atoms with Gasteiger partial charge < -0.3 is 14.6 Å². The van der Waals surface area contributed by atoms with Gasteiger partial charge in [0.25, 0.3) is 0 Å². The molecule has 8 heteroatoms. The fourth-order valence-corrected chi connectivity index (χ4v) is 3.72. The molecule has 0 saturated carbocycles. The van der Waals surface area contributed by atoms with Gasteiger partial charge in [-0.15, -0.1) is 0 Å². The fourth-order valence-electron chi connectivity index (χ4n) is 3.09. The van der Waals surface area contributed by atoms with Crippen LogP contribution >= 0.6 is 0 Å². The Morgan fingerprint density at radius 1 is 1.17 bits per heavy atom. The van der Waals surface area contributed by atoms with E-state index in [0.29, 0.717) is 17.1 Å². The molecule has 3 aromatic rings. The van der Waals surface area contributed by atoms with Gasteiger partial charge in [0, 0.05) is 31.3 Å². The molecule has 7 nitrogen and oxygen atoms in total. The Kier molecular flexibility index (Phi) is 6.03. The van der Waals surface area contributed by atoms with E-state index in [0.717, 1.165) is 11.8 Å². The number of aromatic nitrogens is 2. The molecule has 3 rings (SSSR count). The van der Waals surface area contributed by atoms with Crippen LogP contribution in [0.4, 0.5) is 0 Å². The van der Waals surface area contributed by atoms with Crippen molar-refractivity contribution in [1.82, 2.24) is 14.9 Å². The van der Waals surface area contributed by atoms with E-state index in [2.05, 4.69) is 10.3 Å². The molecule has 1 heterocycles. The van der Waals surface area contributed by atoms with Crippen LogP contribution in [0.5, 0.6) is 5.75 Å². The Morgan fingerprint density at radius 2 is 1.86 bits per heavy atom. The number of ether oxygens (including phenoxy) is 1. The minimum Gasteiger partial charge on any atom is -0.496 e. The first-order valence-electron chi connectivity index (χ1n) is 8.98. The van der Waals surface area contributed by atoms with E-state index in [9.17, 15) is 13.2 Å². The summed E-state index contributed by atoms with van der Waals surface area (Å²) in [6, 6.07) is 13.3. The number of carbonyl (C=O) groups excluding carboxylic acids is 1. The number of para-hydroxylation sites is 1. The minimum absolute atomic E-state index is 0.111. The largest absolute Gasteiger partial charge is 0.496 e. The standard InChI is InChI=1S/C21H23N3O4S/c1-24-13-12-22-21(24)20(17-6-4-5-7-18(17)28-2)23-19(25)14-15-8-10-16(11-9-15)29(3,26)27/h4-13,20H,14H2,1-3H3,(H,23,25)/t20-/m1/s1.